The molecule has 1 atom stereocenters. The Balaban J connectivity index is 1.74. The van der Waals surface area contributed by atoms with Crippen molar-refractivity contribution in [2.45, 2.75) is 51.5 Å². The van der Waals surface area contributed by atoms with Crippen molar-refractivity contribution < 1.29 is 14.8 Å². The van der Waals surface area contributed by atoms with Crippen molar-refractivity contribution >= 4 is 11.8 Å². The van der Waals surface area contributed by atoms with Gasteiger partial charge in [-0.2, -0.15) is 0 Å². The van der Waals surface area contributed by atoms with Gasteiger partial charge in [0.1, 0.15) is 0 Å². The van der Waals surface area contributed by atoms with Gasteiger partial charge in [0.15, 0.2) is 0 Å². The Kier molecular flexibility index (Phi) is 7.40. The number of rotatable bonds is 7. The first-order chi connectivity index (χ1) is 12.0. The maximum Gasteiger partial charge on any atom is 0.243 e. The summed E-state index contributed by atoms with van der Waals surface area (Å²) in [5.74, 6) is 0.220. The molecule has 1 aliphatic rings. The second-order valence-corrected chi connectivity index (χ2v) is 7.00. The summed E-state index contributed by atoms with van der Waals surface area (Å²) in [6.07, 6.45) is 4.52. The first-order valence-electron chi connectivity index (χ1n) is 9.02. The lowest BCUT2D eigenvalue weighted by Crippen LogP contribution is -2.48. The van der Waals surface area contributed by atoms with Crippen LogP contribution in [-0.4, -0.2) is 41.1 Å². The Morgan fingerprint density at radius 1 is 1.36 bits per heavy atom. The highest BCUT2D eigenvalue weighted by Gasteiger charge is 2.26. The van der Waals surface area contributed by atoms with Crippen LogP contribution in [0.4, 0.5) is 0 Å². The zero-order valence-electron chi connectivity index (χ0n) is 14.9. The molecule has 1 saturated heterocycles. The van der Waals surface area contributed by atoms with E-state index < -0.39 is 6.04 Å². The van der Waals surface area contributed by atoms with Crippen molar-refractivity contribution in [1.29, 1.82) is 0 Å². The molecular formula is C19H29N3O3. The van der Waals surface area contributed by atoms with Gasteiger partial charge in [0.2, 0.25) is 11.8 Å². The highest BCUT2D eigenvalue weighted by Crippen LogP contribution is 2.23. The van der Waals surface area contributed by atoms with E-state index >= 15 is 0 Å². The average Bonchev–Trinajstić information content (AvgIpc) is 2.61. The van der Waals surface area contributed by atoms with Gasteiger partial charge in [0.05, 0.1) is 6.04 Å². The fraction of sp³-hybridized carbons (Fsp3) is 0.579. The van der Waals surface area contributed by atoms with E-state index in [1.165, 1.54) is 5.56 Å². The minimum absolute atomic E-state index is 0.0274. The standard InChI is InChI=1S/C19H29N3O3/c1-14-4-2-6-16(12-14)13-17(20)19(24)22-10-8-15(9-11-22)5-3-7-18(23)21-25/h2,4,6,12,15,17,25H,3,5,7-11,13,20H2,1H3,(H,21,23). The fourth-order valence-electron chi connectivity index (χ4n) is 3.46. The molecule has 0 spiro atoms. The third kappa shape index (κ3) is 6.14. The van der Waals surface area contributed by atoms with Crippen molar-refractivity contribution in [3.8, 4) is 0 Å². The van der Waals surface area contributed by atoms with E-state index in [2.05, 4.69) is 6.07 Å². The number of hydroxylamine groups is 1. The highest BCUT2D eigenvalue weighted by atomic mass is 16.5. The summed E-state index contributed by atoms with van der Waals surface area (Å²) >= 11 is 0. The van der Waals surface area contributed by atoms with Crippen molar-refractivity contribution in [2.24, 2.45) is 11.7 Å². The molecule has 0 bridgehead atoms. The molecule has 6 heteroatoms. The SMILES string of the molecule is Cc1cccc(CC(N)C(=O)N2CCC(CCCC(=O)NO)CC2)c1. The number of hydrogen-bond donors (Lipinski definition) is 3. The lowest BCUT2D eigenvalue weighted by atomic mass is 9.91. The predicted molar refractivity (Wildman–Crippen MR) is 95.9 cm³/mol. The summed E-state index contributed by atoms with van der Waals surface area (Å²) in [6.45, 7) is 3.50. The summed E-state index contributed by atoms with van der Waals surface area (Å²) in [6, 6.07) is 7.61. The van der Waals surface area contributed by atoms with E-state index in [9.17, 15) is 9.59 Å². The van der Waals surface area contributed by atoms with Crippen molar-refractivity contribution in [1.82, 2.24) is 10.4 Å². The monoisotopic (exact) mass is 347 g/mol. The number of carbonyl (C=O) groups excluding carboxylic acids is 2. The quantitative estimate of drug-likeness (QED) is 0.517. The fourth-order valence-corrected chi connectivity index (χ4v) is 3.46. The van der Waals surface area contributed by atoms with Crippen LogP contribution in [0.3, 0.4) is 0 Å². The zero-order valence-corrected chi connectivity index (χ0v) is 14.9. The van der Waals surface area contributed by atoms with E-state index in [4.69, 9.17) is 10.9 Å². The smallest absolute Gasteiger partial charge is 0.243 e. The van der Waals surface area contributed by atoms with E-state index in [0.717, 1.165) is 44.3 Å². The molecule has 1 heterocycles. The second kappa shape index (κ2) is 9.53. The van der Waals surface area contributed by atoms with Crippen LogP contribution < -0.4 is 11.2 Å². The molecule has 25 heavy (non-hydrogen) atoms. The Labute approximate surface area is 149 Å². The van der Waals surface area contributed by atoms with Crippen molar-refractivity contribution in [3.63, 3.8) is 0 Å². The Morgan fingerprint density at radius 2 is 2.08 bits per heavy atom. The van der Waals surface area contributed by atoms with E-state index in [1.807, 2.05) is 30.0 Å². The van der Waals surface area contributed by atoms with Crippen LogP contribution in [0, 0.1) is 12.8 Å². The van der Waals surface area contributed by atoms with Gasteiger partial charge in [-0.3, -0.25) is 14.8 Å². The summed E-state index contributed by atoms with van der Waals surface area (Å²) in [5.41, 5.74) is 10.1. The topological polar surface area (TPSA) is 95.7 Å². The molecule has 1 aromatic carbocycles. The minimum Gasteiger partial charge on any atom is -0.341 e. The van der Waals surface area contributed by atoms with Gasteiger partial charge in [-0.1, -0.05) is 29.8 Å². The van der Waals surface area contributed by atoms with Gasteiger partial charge in [-0.15, -0.1) is 0 Å². The van der Waals surface area contributed by atoms with Crippen molar-refractivity contribution in [2.75, 3.05) is 13.1 Å². The van der Waals surface area contributed by atoms with Crippen LogP contribution in [-0.2, 0) is 16.0 Å². The van der Waals surface area contributed by atoms with E-state index in [1.54, 1.807) is 5.48 Å². The molecule has 2 rings (SSSR count). The van der Waals surface area contributed by atoms with Gasteiger partial charge in [-0.25, -0.2) is 5.48 Å². The molecule has 2 amide bonds. The molecule has 0 saturated carbocycles. The first kappa shape index (κ1) is 19.4. The van der Waals surface area contributed by atoms with Gasteiger partial charge in [0.25, 0.3) is 0 Å². The van der Waals surface area contributed by atoms with Crippen LogP contribution in [0.15, 0.2) is 24.3 Å². The van der Waals surface area contributed by atoms with Crippen LogP contribution in [0.2, 0.25) is 0 Å². The number of nitrogens with one attached hydrogen (secondary N) is 1. The molecule has 138 valence electrons. The molecule has 0 radical (unpaired) electrons. The Bertz CT molecular complexity index is 583. The number of aryl methyl sites for hydroxylation is 1. The molecule has 0 aliphatic carbocycles. The van der Waals surface area contributed by atoms with Gasteiger partial charge >= 0.3 is 0 Å². The van der Waals surface area contributed by atoms with Gasteiger partial charge < -0.3 is 10.6 Å². The lowest BCUT2D eigenvalue weighted by Gasteiger charge is -2.33. The average molecular weight is 347 g/mol. The molecule has 6 nitrogen and oxygen atoms in total. The summed E-state index contributed by atoms with van der Waals surface area (Å²) < 4.78 is 0. The molecular weight excluding hydrogens is 318 g/mol. The largest absolute Gasteiger partial charge is 0.341 e. The molecule has 0 aromatic heterocycles. The molecule has 1 aliphatic heterocycles. The van der Waals surface area contributed by atoms with E-state index in [-0.39, 0.29) is 11.8 Å². The Hall–Kier alpha value is -1.92. The van der Waals surface area contributed by atoms with Crippen LogP contribution in [0.5, 0.6) is 0 Å². The van der Waals surface area contributed by atoms with Crippen LogP contribution >= 0.6 is 0 Å². The third-order valence-electron chi connectivity index (χ3n) is 4.92. The summed E-state index contributed by atoms with van der Waals surface area (Å²) in [4.78, 5) is 25.4. The lowest BCUT2D eigenvalue weighted by molar-refractivity contribution is -0.134. The Morgan fingerprint density at radius 3 is 2.72 bits per heavy atom. The maximum atomic E-state index is 12.6. The molecule has 1 fully saturated rings. The summed E-state index contributed by atoms with van der Waals surface area (Å²) in [5, 5.41) is 8.48. The summed E-state index contributed by atoms with van der Waals surface area (Å²) in [7, 11) is 0. The number of nitrogens with zero attached hydrogens (tertiary/aromatic N) is 1. The maximum absolute atomic E-state index is 12.6. The highest BCUT2D eigenvalue weighted by molar-refractivity contribution is 5.82. The zero-order chi connectivity index (χ0) is 18.2. The number of benzene rings is 1. The first-order valence-corrected chi connectivity index (χ1v) is 9.02. The third-order valence-corrected chi connectivity index (χ3v) is 4.92. The van der Waals surface area contributed by atoms with Crippen molar-refractivity contribution in [3.05, 3.63) is 35.4 Å². The van der Waals surface area contributed by atoms with Gasteiger partial charge in [-0.05, 0) is 50.5 Å². The predicted octanol–water partition coefficient (Wildman–Crippen LogP) is 1.78. The number of likely N-dealkylation sites (tertiary alicyclic amines) is 1. The van der Waals surface area contributed by atoms with Crippen LogP contribution in [0.25, 0.3) is 0 Å². The molecule has 1 unspecified atom stereocenters. The van der Waals surface area contributed by atoms with Crippen LogP contribution in [0.1, 0.15) is 43.2 Å². The molecule has 1 aromatic rings. The minimum atomic E-state index is -0.494. The normalized spacial score (nSPS) is 16.5. The number of carbonyl (C=O) groups is 2. The van der Waals surface area contributed by atoms with E-state index in [0.29, 0.717) is 18.8 Å². The number of hydrogen-bond acceptors (Lipinski definition) is 4. The van der Waals surface area contributed by atoms with Gasteiger partial charge in [0, 0.05) is 19.5 Å². The second-order valence-electron chi connectivity index (χ2n) is 7.00. The number of amides is 2. The number of piperidine rings is 1. The molecule has 4 N–H and O–H groups in total. The number of nitrogens with two attached hydrogens (primary N) is 1.